The first-order valence-electron chi connectivity index (χ1n) is 10.4. The zero-order valence-electron chi connectivity index (χ0n) is 17.5. The molecule has 1 aliphatic rings. The molecule has 160 valence electrons. The number of carbonyl (C=O) groups excluding carboxylic acids is 2. The number of imide groups is 1. The van der Waals surface area contributed by atoms with Crippen LogP contribution in [0, 0.1) is 6.92 Å². The summed E-state index contributed by atoms with van der Waals surface area (Å²) >= 11 is 3.56. The van der Waals surface area contributed by atoms with Crippen molar-refractivity contribution >= 4 is 49.8 Å². The molecule has 7 heteroatoms. The first-order valence-corrected chi connectivity index (χ1v) is 11.2. The van der Waals surface area contributed by atoms with E-state index in [1.807, 2.05) is 72.7 Å². The highest BCUT2D eigenvalue weighted by molar-refractivity contribution is 9.10. The van der Waals surface area contributed by atoms with Crippen LogP contribution >= 0.6 is 15.9 Å². The predicted molar refractivity (Wildman–Crippen MR) is 128 cm³/mol. The number of nitrogens with zero attached hydrogens (tertiary/aromatic N) is 3. The summed E-state index contributed by atoms with van der Waals surface area (Å²) in [5, 5.41) is 3.43. The molecule has 5 rings (SSSR count). The quantitative estimate of drug-likeness (QED) is 0.404. The second-order valence-electron chi connectivity index (χ2n) is 7.95. The predicted octanol–water partition coefficient (Wildman–Crippen LogP) is 4.57. The fourth-order valence-corrected chi connectivity index (χ4v) is 4.57. The molecule has 0 spiro atoms. The van der Waals surface area contributed by atoms with Crippen molar-refractivity contribution < 1.29 is 9.59 Å². The largest absolute Gasteiger partial charge is 0.347 e. The summed E-state index contributed by atoms with van der Waals surface area (Å²) in [7, 11) is 0. The molecule has 0 atom stereocenters. The van der Waals surface area contributed by atoms with Gasteiger partial charge in [0, 0.05) is 52.6 Å². The minimum absolute atomic E-state index is 0.357. The van der Waals surface area contributed by atoms with Gasteiger partial charge in [-0.1, -0.05) is 45.8 Å². The molecule has 0 aliphatic carbocycles. The summed E-state index contributed by atoms with van der Waals surface area (Å²) in [4.78, 5) is 29.8. The van der Waals surface area contributed by atoms with Crippen LogP contribution in [0.25, 0.3) is 22.0 Å². The topological polar surface area (TPSA) is 68.9 Å². The fraction of sp³-hybridized carbons (Fsp3) is 0.160. The van der Waals surface area contributed by atoms with Crippen molar-refractivity contribution in [3.8, 4) is 0 Å². The molecule has 2 aromatic carbocycles. The Bertz CT molecular complexity index is 1370. The van der Waals surface area contributed by atoms with Crippen molar-refractivity contribution in [3.63, 3.8) is 0 Å². The van der Waals surface area contributed by atoms with Crippen molar-refractivity contribution in [1.29, 1.82) is 0 Å². The Hall–Kier alpha value is -3.45. The van der Waals surface area contributed by atoms with Crippen LogP contribution in [0.15, 0.2) is 71.9 Å². The van der Waals surface area contributed by atoms with Gasteiger partial charge in [0.1, 0.15) is 0 Å². The third-order valence-corrected chi connectivity index (χ3v) is 6.25. The molecule has 0 saturated heterocycles. The molecule has 6 nitrogen and oxygen atoms in total. The standard InChI is InChI=1S/C25H21BrN4O2/c1-16-3-5-17(6-4-16)22-23(25(32)28-24(22)31)20-14-30(11-2-10-29-12-9-27-15-29)21-8-7-18(26)13-19(20)21/h3-9,12-15H,2,10-11H2,1H3,(H,28,31,32). The summed E-state index contributed by atoms with van der Waals surface area (Å²) in [6.45, 7) is 3.62. The third-order valence-electron chi connectivity index (χ3n) is 5.76. The SMILES string of the molecule is Cc1ccc(C2=C(c3cn(CCCn4ccnc4)c4ccc(Br)cc34)C(=O)NC2=O)cc1. The lowest BCUT2D eigenvalue weighted by atomic mass is 9.95. The monoisotopic (exact) mass is 488 g/mol. The highest BCUT2D eigenvalue weighted by Gasteiger charge is 2.33. The Morgan fingerprint density at radius 1 is 1.00 bits per heavy atom. The maximum Gasteiger partial charge on any atom is 0.259 e. The van der Waals surface area contributed by atoms with Gasteiger partial charge in [-0.2, -0.15) is 0 Å². The molecule has 0 radical (unpaired) electrons. The number of aryl methyl sites for hydroxylation is 3. The lowest BCUT2D eigenvalue weighted by molar-refractivity contribution is -0.122. The Morgan fingerprint density at radius 2 is 1.78 bits per heavy atom. The second-order valence-corrected chi connectivity index (χ2v) is 8.87. The summed E-state index contributed by atoms with van der Waals surface area (Å²) in [5.41, 5.74) is 4.48. The summed E-state index contributed by atoms with van der Waals surface area (Å²) in [5.74, 6) is -0.715. The van der Waals surface area contributed by atoms with Crippen LogP contribution in [0.5, 0.6) is 0 Å². The molecule has 0 bridgehead atoms. The van der Waals surface area contributed by atoms with Crippen LogP contribution in [-0.2, 0) is 22.7 Å². The maximum atomic E-state index is 12.9. The van der Waals surface area contributed by atoms with Gasteiger partial charge in [0.05, 0.1) is 17.5 Å². The summed E-state index contributed by atoms with van der Waals surface area (Å²) in [6, 6.07) is 13.7. The number of benzene rings is 2. The van der Waals surface area contributed by atoms with E-state index in [1.54, 1.807) is 6.20 Å². The minimum Gasteiger partial charge on any atom is -0.347 e. The first-order chi connectivity index (χ1) is 15.5. The first kappa shape index (κ1) is 20.5. The van der Waals surface area contributed by atoms with Gasteiger partial charge in [-0.15, -0.1) is 0 Å². The molecule has 0 unspecified atom stereocenters. The maximum absolute atomic E-state index is 12.9. The van der Waals surface area contributed by atoms with Gasteiger partial charge in [0.15, 0.2) is 0 Å². The van der Waals surface area contributed by atoms with Gasteiger partial charge in [-0.25, -0.2) is 4.98 Å². The van der Waals surface area contributed by atoms with Crippen LogP contribution in [0.4, 0.5) is 0 Å². The van der Waals surface area contributed by atoms with Crippen LogP contribution in [-0.4, -0.2) is 25.9 Å². The van der Waals surface area contributed by atoms with E-state index in [-0.39, 0.29) is 11.8 Å². The van der Waals surface area contributed by atoms with E-state index in [4.69, 9.17) is 0 Å². The molecule has 4 aromatic rings. The third kappa shape index (κ3) is 3.69. The van der Waals surface area contributed by atoms with Crippen molar-refractivity contribution in [2.24, 2.45) is 0 Å². The van der Waals surface area contributed by atoms with Gasteiger partial charge in [-0.05, 0) is 37.1 Å². The summed E-state index contributed by atoms with van der Waals surface area (Å²) < 4.78 is 5.12. The lowest BCUT2D eigenvalue weighted by Gasteiger charge is -2.06. The number of fused-ring (bicyclic) bond motifs is 1. The van der Waals surface area contributed by atoms with Crippen LogP contribution in [0.3, 0.4) is 0 Å². The Balaban J connectivity index is 1.61. The van der Waals surface area contributed by atoms with E-state index in [0.29, 0.717) is 11.1 Å². The second kappa shape index (κ2) is 8.24. The molecular formula is C25H21BrN4O2. The number of hydrogen-bond donors (Lipinski definition) is 1. The number of imidazole rings is 1. The normalized spacial score (nSPS) is 13.9. The van der Waals surface area contributed by atoms with Crippen molar-refractivity contribution in [2.45, 2.75) is 26.4 Å². The van der Waals surface area contributed by atoms with Gasteiger partial charge >= 0.3 is 0 Å². The van der Waals surface area contributed by atoms with Crippen molar-refractivity contribution in [3.05, 3.63) is 88.5 Å². The number of rotatable bonds is 6. The molecule has 3 heterocycles. The van der Waals surface area contributed by atoms with E-state index < -0.39 is 0 Å². The van der Waals surface area contributed by atoms with Gasteiger partial charge in [0.2, 0.25) is 0 Å². The molecule has 2 amide bonds. The zero-order chi connectivity index (χ0) is 22.2. The fourth-order valence-electron chi connectivity index (χ4n) is 4.20. The molecule has 2 aromatic heterocycles. The van der Waals surface area contributed by atoms with Gasteiger partial charge in [-0.3, -0.25) is 14.9 Å². The summed E-state index contributed by atoms with van der Waals surface area (Å²) in [6.07, 6.45) is 8.43. The smallest absolute Gasteiger partial charge is 0.259 e. The average molecular weight is 489 g/mol. The highest BCUT2D eigenvalue weighted by Crippen LogP contribution is 2.37. The van der Waals surface area contributed by atoms with Gasteiger partial charge in [0.25, 0.3) is 11.8 Å². The average Bonchev–Trinajstić information content (AvgIpc) is 3.47. The Labute approximate surface area is 193 Å². The number of amides is 2. The number of hydrogen-bond acceptors (Lipinski definition) is 3. The Morgan fingerprint density at radius 3 is 2.53 bits per heavy atom. The number of carbonyl (C=O) groups is 2. The molecule has 1 N–H and O–H groups in total. The Kier molecular flexibility index (Phi) is 5.27. The molecule has 1 aliphatic heterocycles. The highest BCUT2D eigenvalue weighted by atomic mass is 79.9. The van der Waals surface area contributed by atoms with Crippen molar-refractivity contribution in [2.75, 3.05) is 0 Å². The van der Waals surface area contributed by atoms with E-state index in [0.717, 1.165) is 51.6 Å². The van der Waals surface area contributed by atoms with Gasteiger partial charge < -0.3 is 9.13 Å². The number of halogens is 1. The van der Waals surface area contributed by atoms with E-state index in [9.17, 15) is 9.59 Å². The molecule has 0 fully saturated rings. The minimum atomic E-state index is -0.358. The molecule has 0 saturated carbocycles. The van der Waals surface area contributed by atoms with E-state index in [2.05, 4.69) is 30.8 Å². The molecule has 32 heavy (non-hydrogen) atoms. The number of aromatic nitrogens is 3. The van der Waals surface area contributed by atoms with Crippen LogP contribution in [0.2, 0.25) is 0 Å². The van der Waals surface area contributed by atoms with E-state index in [1.165, 1.54) is 0 Å². The van der Waals surface area contributed by atoms with E-state index >= 15 is 0 Å². The number of nitrogens with one attached hydrogen (secondary N) is 1. The zero-order valence-corrected chi connectivity index (χ0v) is 19.1. The lowest BCUT2D eigenvalue weighted by Crippen LogP contribution is -2.22. The van der Waals surface area contributed by atoms with Crippen molar-refractivity contribution in [1.82, 2.24) is 19.4 Å². The van der Waals surface area contributed by atoms with Crippen LogP contribution < -0.4 is 5.32 Å². The molecular weight excluding hydrogens is 468 g/mol. The van der Waals surface area contributed by atoms with Crippen LogP contribution in [0.1, 0.15) is 23.1 Å².